The number of rotatable bonds is 6. The Kier molecular flexibility index (Phi) is 6.92. The fourth-order valence-corrected chi connectivity index (χ4v) is 3.73. The van der Waals surface area contributed by atoms with Crippen LogP contribution in [0.1, 0.15) is 57.2 Å². The second-order valence-corrected chi connectivity index (χ2v) is 8.52. The smallest absolute Gasteiger partial charge is 0.194 e. The molecule has 0 fully saturated rings. The molecule has 25 heavy (non-hydrogen) atoms. The highest BCUT2D eigenvalue weighted by Gasteiger charge is 2.29. The van der Waals surface area contributed by atoms with E-state index < -0.39 is 0 Å². The predicted molar refractivity (Wildman–Crippen MR) is 106 cm³/mol. The van der Waals surface area contributed by atoms with Crippen LogP contribution in [0.4, 0.5) is 7.77 Å². The molecule has 0 saturated carbocycles. The Labute approximate surface area is 158 Å². The first-order valence-electron chi connectivity index (χ1n) is 8.44. The predicted octanol–water partition coefficient (Wildman–Crippen LogP) is 6.75. The summed E-state index contributed by atoms with van der Waals surface area (Å²) in [6.07, 6.45) is 2.02. The second-order valence-electron chi connectivity index (χ2n) is 7.50. The van der Waals surface area contributed by atoms with Gasteiger partial charge in [-0.15, -0.1) is 0 Å². The van der Waals surface area contributed by atoms with E-state index in [0.717, 1.165) is 22.4 Å². The number of benzene rings is 1. The number of halogens is 2. The lowest BCUT2D eigenvalue weighted by atomic mass is 9.90. The summed E-state index contributed by atoms with van der Waals surface area (Å²) >= 11 is 0.662. The van der Waals surface area contributed by atoms with Crippen LogP contribution >= 0.6 is 24.3 Å². The van der Waals surface area contributed by atoms with E-state index in [-0.39, 0.29) is 5.54 Å². The molecule has 0 aliphatic carbocycles. The fraction of sp³-hybridized carbons (Fsp3) is 0.450. The largest absolute Gasteiger partial charge is 0.213 e. The summed E-state index contributed by atoms with van der Waals surface area (Å²) in [7, 11) is 0. The van der Waals surface area contributed by atoms with Gasteiger partial charge in [-0.25, -0.2) is 0 Å². The molecule has 0 spiro atoms. The molecular formula is C20H26F2NS2+. The maximum absolute atomic E-state index is 13.1. The average molecular weight is 383 g/mol. The molecule has 1 aromatic heterocycles. The van der Waals surface area contributed by atoms with Crippen molar-refractivity contribution in [3.63, 3.8) is 0 Å². The van der Waals surface area contributed by atoms with Gasteiger partial charge in [0.2, 0.25) is 5.69 Å². The van der Waals surface area contributed by atoms with Crippen molar-refractivity contribution in [1.29, 1.82) is 0 Å². The minimum atomic E-state index is -0.138. The Bertz CT molecular complexity index is 724. The van der Waals surface area contributed by atoms with Gasteiger partial charge in [0.05, 0.1) is 17.1 Å². The maximum Gasteiger partial charge on any atom is 0.213 e. The molecular weight excluding hydrogens is 356 g/mol. The summed E-state index contributed by atoms with van der Waals surface area (Å²) in [5, 5.41) is 0. The van der Waals surface area contributed by atoms with Crippen molar-refractivity contribution in [2.24, 2.45) is 0 Å². The number of nitrogens with zero attached hydrogens (tertiary/aromatic N) is 1. The van der Waals surface area contributed by atoms with Gasteiger partial charge in [0, 0.05) is 57.2 Å². The number of aromatic nitrogens is 1. The molecule has 0 aliphatic rings. The van der Waals surface area contributed by atoms with Crippen LogP contribution in [0.25, 0.3) is 11.3 Å². The molecule has 0 radical (unpaired) electrons. The fourth-order valence-electron chi connectivity index (χ4n) is 3.07. The van der Waals surface area contributed by atoms with Crippen molar-refractivity contribution in [3.05, 3.63) is 53.2 Å². The van der Waals surface area contributed by atoms with Gasteiger partial charge < -0.3 is 0 Å². The Morgan fingerprint density at radius 3 is 2.28 bits per heavy atom. The van der Waals surface area contributed by atoms with E-state index >= 15 is 0 Å². The lowest BCUT2D eigenvalue weighted by Crippen LogP contribution is -2.51. The van der Waals surface area contributed by atoms with Crippen molar-refractivity contribution in [2.75, 3.05) is 0 Å². The van der Waals surface area contributed by atoms with Crippen LogP contribution < -0.4 is 4.57 Å². The highest BCUT2D eigenvalue weighted by Crippen LogP contribution is 2.34. The zero-order valence-electron chi connectivity index (χ0n) is 15.5. The van der Waals surface area contributed by atoms with Gasteiger partial charge in [-0.1, -0.05) is 32.0 Å². The Hall–Kier alpha value is -1.07. The number of hydrogen-bond donors (Lipinski definition) is 0. The highest BCUT2D eigenvalue weighted by molar-refractivity contribution is 7.93. The van der Waals surface area contributed by atoms with Gasteiger partial charge in [-0.2, -0.15) is 12.3 Å². The lowest BCUT2D eigenvalue weighted by molar-refractivity contribution is -0.744. The van der Waals surface area contributed by atoms with Gasteiger partial charge in [-0.3, -0.25) is 0 Å². The molecule has 1 aromatic carbocycles. The molecule has 2 aromatic rings. The summed E-state index contributed by atoms with van der Waals surface area (Å²) in [4.78, 5) is 0. The third kappa shape index (κ3) is 4.76. The van der Waals surface area contributed by atoms with Crippen molar-refractivity contribution < 1.29 is 12.3 Å². The van der Waals surface area contributed by atoms with E-state index in [1.54, 1.807) is 0 Å². The Morgan fingerprint density at radius 2 is 1.72 bits per heavy atom. The molecule has 0 N–H and O–H groups in total. The molecule has 1 heterocycles. The van der Waals surface area contributed by atoms with Crippen molar-refractivity contribution in [3.8, 4) is 11.3 Å². The van der Waals surface area contributed by atoms with E-state index in [4.69, 9.17) is 0 Å². The van der Waals surface area contributed by atoms with Gasteiger partial charge >= 0.3 is 0 Å². The molecule has 0 aliphatic heterocycles. The van der Waals surface area contributed by atoms with Crippen LogP contribution in [-0.4, -0.2) is 0 Å². The first-order valence-corrected chi connectivity index (χ1v) is 10.2. The lowest BCUT2D eigenvalue weighted by Gasteiger charge is -2.21. The van der Waals surface area contributed by atoms with E-state index in [0.29, 0.717) is 41.7 Å². The van der Waals surface area contributed by atoms with Crippen LogP contribution in [0.2, 0.25) is 0 Å². The topological polar surface area (TPSA) is 3.88 Å². The van der Waals surface area contributed by atoms with E-state index in [9.17, 15) is 7.77 Å². The van der Waals surface area contributed by atoms with Crippen LogP contribution in [0.15, 0.2) is 36.5 Å². The third-order valence-corrected chi connectivity index (χ3v) is 5.10. The molecule has 2 rings (SSSR count). The zero-order valence-corrected chi connectivity index (χ0v) is 17.1. The van der Waals surface area contributed by atoms with Crippen LogP contribution in [0.5, 0.6) is 0 Å². The Balaban J connectivity index is 2.80. The quantitative estimate of drug-likeness (QED) is 0.508. The molecule has 0 bridgehead atoms. The van der Waals surface area contributed by atoms with Crippen LogP contribution in [-0.2, 0) is 17.0 Å². The Morgan fingerprint density at radius 1 is 1.04 bits per heavy atom. The molecule has 1 nitrogen and oxygen atoms in total. The van der Waals surface area contributed by atoms with Crippen molar-refractivity contribution in [1.82, 2.24) is 0 Å². The summed E-state index contributed by atoms with van der Waals surface area (Å²) in [6, 6.07) is 10.1. The molecule has 0 atom stereocenters. The molecule has 5 heteroatoms. The normalized spacial score (nSPS) is 12.0. The molecule has 136 valence electrons. The van der Waals surface area contributed by atoms with E-state index in [1.165, 1.54) is 5.56 Å². The van der Waals surface area contributed by atoms with E-state index in [2.05, 4.69) is 45.3 Å². The van der Waals surface area contributed by atoms with Gasteiger partial charge in [0.1, 0.15) is 0 Å². The third-order valence-electron chi connectivity index (χ3n) is 4.23. The summed E-state index contributed by atoms with van der Waals surface area (Å²) in [5.41, 5.74) is 5.05. The van der Waals surface area contributed by atoms with E-state index in [1.807, 2.05) is 30.5 Å². The number of hydrogen-bond acceptors (Lipinski definition) is 2. The minimum absolute atomic E-state index is 0.138. The number of pyridine rings is 1. The average Bonchev–Trinajstić information content (AvgIpc) is 2.54. The zero-order chi connectivity index (χ0) is 18.6. The van der Waals surface area contributed by atoms with Gasteiger partial charge in [0.25, 0.3) is 0 Å². The maximum atomic E-state index is 13.1. The molecule has 0 unspecified atom stereocenters. The molecule has 0 saturated heterocycles. The van der Waals surface area contributed by atoms with Gasteiger partial charge in [-0.05, 0) is 22.6 Å². The van der Waals surface area contributed by atoms with Crippen LogP contribution in [0, 0.1) is 0 Å². The molecule has 0 amide bonds. The summed E-state index contributed by atoms with van der Waals surface area (Å²) < 4.78 is 28.1. The van der Waals surface area contributed by atoms with Crippen LogP contribution in [0.3, 0.4) is 0 Å². The minimum Gasteiger partial charge on any atom is -0.194 e. The first-order chi connectivity index (χ1) is 11.8. The van der Waals surface area contributed by atoms with Gasteiger partial charge in [0.15, 0.2) is 11.7 Å². The second kappa shape index (κ2) is 8.54. The standard InChI is InChI=1S/C20H26F2NS2/c1-14(2)17-8-6-7-16(13-25-22)19(17)18-11-15(12-24-21)9-10-23(18)20(3,4)5/h6-11,14H,12-13H2,1-5H3/q+1. The van der Waals surface area contributed by atoms with Crippen molar-refractivity contribution >= 4 is 24.3 Å². The SMILES string of the molecule is CC(C)c1cccc(CSF)c1-c1cc(CSF)cc[n+]1C(C)(C)C. The first kappa shape index (κ1) is 20.2. The monoisotopic (exact) mass is 382 g/mol. The summed E-state index contributed by atoms with van der Waals surface area (Å²) in [6.45, 7) is 10.7. The summed E-state index contributed by atoms with van der Waals surface area (Å²) in [5.74, 6) is 0.934. The highest BCUT2D eigenvalue weighted by atomic mass is 32.2. The van der Waals surface area contributed by atoms with Crippen molar-refractivity contribution in [2.45, 2.75) is 57.6 Å².